The van der Waals surface area contributed by atoms with E-state index in [4.69, 9.17) is 21.1 Å². The van der Waals surface area contributed by atoms with Crippen molar-refractivity contribution >= 4 is 29.0 Å². The third-order valence-corrected chi connectivity index (χ3v) is 3.35. The van der Waals surface area contributed by atoms with Crippen LogP contribution in [0.3, 0.4) is 0 Å². The Kier molecular flexibility index (Phi) is 4.02. The second-order valence-electron chi connectivity index (χ2n) is 4.69. The quantitative estimate of drug-likeness (QED) is 0.673. The van der Waals surface area contributed by atoms with Crippen LogP contribution in [0.1, 0.15) is 0 Å². The molecule has 1 aromatic carbocycles. The minimum Gasteiger partial charge on any atom is -0.486 e. The van der Waals surface area contributed by atoms with Gasteiger partial charge in [0.05, 0.1) is 10.7 Å². The van der Waals surface area contributed by atoms with Crippen LogP contribution in [-0.4, -0.2) is 33.6 Å². The number of nitrogens with one attached hydrogen (secondary N) is 1. The maximum absolute atomic E-state index is 12.0. The lowest BCUT2D eigenvalue weighted by Crippen LogP contribution is -2.19. The highest BCUT2D eigenvalue weighted by Crippen LogP contribution is 2.37. The van der Waals surface area contributed by atoms with Crippen LogP contribution < -0.4 is 14.8 Å². The molecule has 0 bridgehead atoms. The monoisotopic (exact) mass is 338 g/mol. The van der Waals surface area contributed by atoms with Gasteiger partial charge in [0.15, 0.2) is 11.5 Å². The Balaban J connectivity index is 1.71. The molecule has 2 aromatic rings. The van der Waals surface area contributed by atoms with Crippen molar-refractivity contribution in [2.45, 2.75) is 6.54 Å². The Morgan fingerprint density at radius 3 is 2.74 bits per heavy atom. The standard InChI is InChI=1S/C13H11ClN4O5/c14-8-3-10-11(23-2-1-22-10)4-9(8)16-13(19)6-17-5-12(15-7-17)18(20)21/h3-5,7H,1-2,6H2,(H,16,19). The maximum Gasteiger partial charge on any atom is 0.381 e. The number of anilines is 1. The van der Waals surface area contributed by atoms with Crippen molar-refractivity contribution in [3.63, 3.8) is 0 Å². The van der Waals surface area contributed by atoms with Crippen LogP contribution >= 0.6 is 11.6 Å². The summed E-state index contributed by atoms with van der Waals surface area (Å²) in [5.41, 5.74) is 0.371. The van der Waals surface area contributed by atoms with E-state index in [0.717, 1.165) is 0 Å². The molecule has 0 unspecified atom stereocenters. The van der Waals surface area contributed by atoms with Gasteiger partial charge in [-0.2, -0.15) is 0 Å². The number of fused-ring (bicyclic) bond motifs is 1. The molecule has 1 aromatic heterocycles. The molecule has 0 atom stereocenters. The number of nitro groups is 1. The summed E-state index contributed by atoms with van der Waals surface area (Å²) >= 11 is 6.10. The van der Waals surface area contributed by atoms with E-state index in [1.165, 1.54) is 17.1 Å². The fourth-order valence-electron chi connectivity index (χ4n) is 2.04. The topological polar surface area (TPSA) is 109 Å². The normalized spacial score (nSPS) is 12.7. The first-order valence-corrected chi connectivity index (χ1v) is 6.96. The SMILES string of the molecule is O=C(Cn1cnc([N+](=O)[O-])c1)Nc1cc2c(cc1Cl)OCCO2. The summed E-state index contributed by atoms with van der Waals surface area (Å²) in [5.74, 6) is 0.282. The number of hydrogen-bond donors (Lipinski definition) is 1. The van der Waals surface area contributed by atoms with Crippen molar-refractivity contribution in [1.29, 1.82) is 0 Å². The number of carbonyl (C=O) groups excluding carboxylic acids is 1. The van der Waals surface area contributed by atoms with Crippen molar-refractivity contribution in [3.8, 4) is 11.5 Å². The molecule has 1 amide bonds. The number of carbonyl (C=O) groups is 1. The van der Waals surface area contributed by atoms with Crippen LogP contribution in [0, 0.1) is 10.1 Å². The molecule has 10 heteroatoms. The molecule has 9 nitrogen and oxygen atoms in total. The first-order chi connectivity index (χ1) is 11.0. The highest BCUT2D eigenvalue weighted by atomic mass is 35.5. The fraction of sp³-hybridized carbons (Fsp3) is 0.231. The number of benzene rings is 1. The van der Waals surface area contributed by atoms with Gasteiger partial charge in [-0.25, -0.2) is 0 Å². The van der Waals surface area contributed by atoms with Crippen molar-refractivity contribution in [1.82, 2.24) is 9.55 Å². The molecular formula is C13H11ClN4O5. The van der Waals surface area contributed by atoms with Gasteiger partial charge in [-0.1, -0.05) is 11.6 Å². The molecule has 1 N–H and O–H groups in total. The van der Waals surface area contributed by atoms with E-state index >= 15 is 0 Å². The molecule has 2 heterocycles. The van der Waals surface area contributed by atoms with Crippen LogP contribution in [0.5, 0.6) is 11.5 Å². The average Bonchev–Trinajstić information content (AvgIpc) is 2.96. The third kappa shape index (κ3) is 3.34. The molecule has 120 valence electrons. The van der Waals surface area contributed by atoms with Crippen molar-refractivity contribution in [2.75, 3.05) is 18.5 Å². The van der Waals surface area contributed by atoms with E-state index in [1.807, 2.05) is 0 Å². The molecule has 0 radical (unpaired) electrons. The second kappa shape index (κ2) is 6.13. The number of hydrogen-bond acceptors (Lipinski definition) is 6. The summed E-state index contributed by atoms with van der Waals surface area (Å²) in [4.78, 5) is 25.5. The molecule has 1 aliphatic heterocycles. The largest absolute Gasteiger partial charge is 0.486 e. The molecule has 0 spiro atoms. The van der Waals surface area contributed by atoms with Gasteiger partial charge in [0.25, 0.3) is 0 Å². The minimum atomic E-state index is -0.633. The molecular weight excluding hydrogens is 328 g/mol. The molecule has 3 rings (SSSR count). The molecule has 1 aliphatic rings. The second-order valence-corrected chi connectivity index (χ2v) is 5.09. The predicted molar refractivity (Wildman–Crippen MR) is 80.0 cm³/mol. The zero-order valence-electron chi connectivity index (χ0n) is 11.7. The van der Waals surface area contributed by atoms with E-state index < -0.39 is 10.8 Å². The van der Waals surface area contributed by atoms with Gasteiger partial charge < -0.3 is 29.5 Å². The van der Waals surface area contributed by atoms with Gasteiger partial charge in [-0.15, -0.1) is 0 Å². The van der Waals surface area contributed by atoms with Crippen LogP contribution in [-0.2, 0) is 11.3 Å². The smallest absolute Gasteiger partial charge is 0.381 e. The van der Waals surface area contributed by atoms with Gasteiger partial charge in [-0.3, -0.25) is 4.79 Å². The molecule has 0 fully saturated rings. The molecule has 0 saturated carbocycles. The predicted octanol–water partition coefficient (Wildman–Crippen LogP) is 1.85. The summed E-state index contributed by atoms with van der Waals surface area (Å²) in [7, 11) is 0. The van der Waals surface area contributed by atoms with E-state index in [0.29, 0.717) is 35.4 Å². The lowest BCUT2D eigenvalue weighted by atomic mass is 10.2. The van der Waals surface area contributed by atoms with E-state index in [-0.39, 0.29) is 12.4 Å². The van der Waals surface area contributed by atoms with Crippen LogP contribution in [0.25, 0.3) is 0 Å². The van der Waals surface area contributed by atoms with Crippen LogP contribution in [0.15, 0.2) is 24.7 Å². The Labute approximate surface area is 134 Å². The molecule has 23 heavy (non-hydrogen) atoms. The fourth-order valence-corrected chi connectivity index (χ4v) is 2.25. The van der Waals surface area contributed by atoms with Gasteiger partial charge >= 0.3 is 5.82 Å². The van der Waals surface area contributed by atoms with Crippen LogP contribution in [0.2, 0.25) is 5.02 Å². The number of aromatic nitrogens is 2. The minimum absolute atomic E-state index is 0.133. The number of nitrogens with zero attached hydrogens (tertiary/aromatic N) is 3. The van der Waals surface area contributed by atoms with Gasteiger partial charge in [0, 0.05) is 12.1 Å². The van der Waals surface area contributed by atoms with Gasteiger partial charge in [0.2, 0.25) is 12.2 Å². The van der Waals surface area contributed by atoms with Gasteiger partial charge in [-0.05, 0) is 9.91 Å². The summed E-state index contributed by atoms with van der Waals surface area (Å²) in [6.07, 6.45) is 2.38. The summed E-state index contributed by atoms with van der Waals surface area (Å²) in [6.45, 7) is 0.723. The number of amides is 1. The highest BCUT2D eigenvalue weighted by molar-refractivity contribution is 6.34. The molecule has 0 aliphatic carbocycles. The Morgan fingerprint density at radius 1 is 1.39 bits per heavy atom. The number of ether oxygens (including phenoxy) is 2. The number of rotatable bonds is 4. The third-order valence-electron chi connectivity index (χ3n) is 3.04. The zero-order chi connectivity index (χ0) is 16.4. The summed E-state index contributed by atoms with van der Waals surface area (Å²) in [5, 5.41) is 13.5. The number of halogens is 1. The lowest BCUT2D eigenvalue weighted by Gasteiger charge is -2.20. The highest BCUT2D eigenvalue weighted by Gasteiger charge is 2.17. The Bertz CT molecular complexity index is 776. The van der Waals surface area contributed by atoms with E-state index in [1.54, 1.807) is 12.1 Å². The Morgan fingerprint density at radius 2 is 2.09 bits per heavy atom. The number of imidazole rings is 1. The Hall–Kier alpha value is -2.81. The van der Waals surface area contributed by atoms with Crippen LogP contribution in [0.4, 0.5) is 11.5 Å². The first kappa shape index (κ1) is 15.1. The first-order valence-electron chi connectivity index (χ1n) is 6.58. The van der Waals surface area contributed by atoms with E-state index in [2.05, 4.69) is 10.3 Å². The average molecular weight is 339 g/mol. The van der Waals surface area contributed by atoms with Crippen molar-refractivity contribution in [2.24, 2.45) is 0 Å². The van der Waals surface area contributed by atoms with Crippen molar-refractivity contribution in [3.05, 3.63) is 39.8 Å². The van der Waals surface area contributed by atoms with E-state index in [9.17, 15) is 14.9 Å². The lowest BCUT2D eigenvalue weighted by molar-refractivity contribution is -0.389. The molecule has 0 saturated heterocycles. The summed E-state index contributed by atoms with van der Waals surface area (Å²) in [6, 6.07) is 3.14. The maximum atomic E-state index is 12.0. The summed E-state index contributed by atoms with van der Waals surface area (Å²) < 4.78 is 12.1. The van der Waals surface area contributed by atoms with Crippen molar-refractivity contribution < 1.29 is 19.2 Å². The van der Waals surface area contributed by atoms with Gasteiger partial charge in [0.1, 0.15) is 26.0 Å². The zero-order valence-corrected chi connectivity index (χ0v) is 12.4.